The quantitative estimate of drug-likeness (QED) is 0.640. The number of esters is 1. The fourth-order valence-electron chi connectivity index (χ4n) is 2.52. The minimum Gasteiger partial charge on any atom is -0.465 e. The Hall–Kier alpha value is -1.93. The lowest BCUT2D eigenvalue weighted by Crippen LogP contribution is -2.31. The highest BCUT2D eigenvalue weighted by atomic mass is 32.1. The molecule has 2 N–H and O–H groups in total. The average molecular weight is 367 g/mol. The summed E-state index contributed by atoms with van der Waals surface area (Å²) in [7, 11) is 3.27. The molecule has 1 atom stereocenters. The second kappa shape index (κ2) is 7.31. The number of carbonyl (C=O) groups excluding carboxylic acids is 1. The predicted molar refractivity (Wildman–Crippen MR) is 101 cm³/mol. The molecule has 0 aromatic carbocycles. The molecule has 2 aromatic heterocycles. The number of aryl methyl sites for hydroxylation is 3. The highest BCUT2D eigenvalue weighted by Crippen LogP contribution is 2.33. The summed E-state index contributed by atoms with van der Waals surface area (Å²) in [5.41, 5.74) is 3.48. The first kappa shape index (κ1) is 18.4. The van der Waals surface area contributed by atoms with Crippen LogP contribution in [0.25, 0.3) is 0 Å². The van der Waals surface area contributed by atoms with E-state index in [0.717, 1.165) is 21.7 Å². The third-order valence-electron chi connectivity index (χ3n) is 3.87. The molecule has 0 radical (unpaired) electrons. The van der Waals surface area contributed by atoms with Crippen molar-refractivity contribution in [3.05, 3.63) is 33.5 Å². The zero-order valence-corrected chi connectivity index (χ0v) is 16.3. The van der Waals surface area contributed by atoms with E-state index in [1.165, 1.54) is 18.4 Å². The van der Waals surface area contributed by atoms with Crippen LogP contribution < -0.4 is 10.6 Å². The van der Waals surface area contributed by atoms with E-state index in [0.29, 0.717) is 15.7 Å². The fraction of sp³-hybridized carbons (Fsp3) is 0.438. The van der Waals surface area contributed by atoms with E-state index in [2.05, 4.69) is 15.7 Å². The molecule has 0 aliphatic heterocycles. The lowest BCUT2D eigenvalue weighted by atomic mass is 10.1. The number of aromatic nitrogens is 2. The molecule has 2 aromatic rings. The van der Waals surface area contributed by atoms with E-state index in [1.54, 1.807) is 4.68 Å². The van der Waals surface area contributed by atoms with Crippen LogP contribution in [0.2, 0.25) is 0 Å². The Morgan fingerprint density at radius 1 is 1.42 bits per heavy atom. The van der Waals surface area contributed by atoms with Crippen molar-refractivity contribution in [2.45, 2.75) is 33.7 Å². The van der Waals surface area contributed by atoms with Crippen molar-refractivity contribution in [3.8, 4) is 0 Å². The molecule has 24 heavy (non-hydrogen) atoms. The summed E-state index contributed by atoms with van der Waals surface area (Å²) in [4.78, 5) is 13.1. The van der Waals surface area contributed by atoms with Gasteiger partial charge >= 0.3 is 5.97 Å². The van der Waals surface area contributed by atoms with E-state index in [1.807, 2.05) is 40.9 Å². The number of rotatable bonds is 4. The molecule has 0 saturated carbocycles. The summed E-state index contributed by atoms with van der Waals surface area (Å²) < 4.78 is 6.65. The van der Waals surface area contributed by atoms with Gasteiger partial charge in [0.2, 0.25) is 0 Å². The molecule has 0 bridgehead atoms. The summed E-state index contributed by atoms with van der Waals surface area (Å²) in [6.07, 6.45) is 1.97. The molecule has 8 heteroatoms. The van der Waals surface area contributed by atoms with E-state index < -0.39 is 0 Å². The SMILES string of the molecule is COC(=O)c1c(NC(=S)NC(C)c2cn(C)nc2C)sc(C)c1C. The van der Waals surface area contributed by atoms with Gasteiger partial charge < -0.3 is 15.4 Å². The first-order chi connectivity index (χ1) is 11.2. The Kier molecular flexibility index (Phi) is 5.61. The number of hydrogen-bond acceptors (Lipinski definition) is 5. The van der Waals surface area contributed by atoms with Gasteiger partial charge in [-0.05, 0) is 45.5 Å². The molecule has 0 aliphatic carbocycles. The maximum absolute atomic E-state index is 12.0. The molecular formula is C16H22N4O2S2. The van der Waals surface area contributed by atoms with Gasteiger partial charge in [-0.2, -0.15) is 5.10 Å². The van der Waals surface area contributed by atoms with Crippen LogP contribution in [0.5, 0.6) is 0 Å². The molecule has 2 rings (SSSR count). The van der Waals surface area contributed by atoms with Crippen molar-refractivity contribution in [3.63, 3.8) is 0 Å². The lowest BCUT2D eigenvalue weighted by molar-refractivity contribution is 0.0601. The summed E-state index contributed by atoms with van der Waals surface area (Å²) in [5, 5.41) is 11.9. The molecular weight excluding hydrogens is 344 g/mol. The zero-order valence-electron chi connectivity index (χ0n) is 14.7. The number of hydrogen-bond donors (Lipinski definition) is 2. The van der Waals surface area contributed by atoms with Crippen LogP contribution >= 0.6 is 23.6 Å². The van der Waals surface area contributed by atoms with Gasteiger partial charge in [0.25, 0.3) is 0 Å². The van der Waals surface area contributed by atoms with Crippen LogP contribution in [0.1, 0.15) is 45.0 Å². The summed E-state index contributed by atoms with van der Waals surface area (Å²) in [6, 6.07) is 0.00225. The van der Waals surface area contributed by atoms with E-state index in [9.17, 15) is 4.79 Å². The predicted octanol–water partition coefficient (Wildman–Crippen LogP) is 3.24. The summed E-state index contributed by atoms with van der Waals surface area (Å²) in [5.74, 6) is -0.363. The molecule has 0 saturated heterocycles. The zero-order chi connectivity index (χ0) is 18.0. The third-order valence-corrected chi connectivity index (χ3v) is 5.21. The maximum atomic E-state index is 12.0. The number of nitrogens with zero attached hydrogens (tertiary/aromatic N) is 2. The van der Waals surface area contributed by atoms with E-state index in [-0.39, 0.29) is 12.0 Å². The highest BCUT2D eigenvalue weighted by Gasteiger charge is 2.21. The van der Waals surface area contributed by atoms with Crippen molar-refractivity contribution < 1.29 is 9.53 Å². The molecule has 0 amide bonds. The smallest absolute Gasteiger partial charge is 0.341 e. The number of methoxy groups -OCH3 is 1. The van der Waals surface area contributed by atoms with Crippen LogP contribution in [0, 0.1) is 20.8 Å². The van der Waals surface area contributed by atoms with Gasteiger partial charge in [0.1, 0.15) is 5.00 Å². The topological polar surface area (TPSA) is 68.2 Å². The Morgan fingerprint density at radius 2 is 2.08 bits per heavy atom. The summed E-state index contributed by atoms with van der Waals surface area (Å²) in [6.45, 7) is 7.85. The van der Waals surface area contributed by atoms with Gasteiger partial charge in [0.05, 0.1) is 24.4 Å². The number of ether oxygens (including phenoxy) is 1. The molecule has 6 nitrogen and oxygen atoms in total. The largest absolute Gasteiger partial charge is 0.465 e. The Morgan fingerprint density at radius 3 is 2.62 bits per heavy atom. The highest BCUT2D eigenvalue weighted by molar-refractivity contribution is 7.80. The molecule has 2 heterocycles. The van der Waals surface area contributed by atoms with Crippen LogP contribution in [0.3, 0.4) is 0 Å². The van der Waals surface area contributed by atoms with Gasteiger partial charge in [-0.25, -0.2) is 4.79 Å². The molecule has 0 aliphatic rings. The van der Waals surface area contributed by atoms with Crippen molar-refractivity contribution in [1.82, 2.24) is 15.1 Å². The Labute approximate surface area is 151 Å². The van der Waals surface area contributed by atoms with Gasteiger partial charge in [-0.15, -0.1) is 11.3 Å². The monoisotopic (exact) mass is 366 g/mol. The molecule has 130 valence electrons. The van der Waals surface area contributed by atoms with Crippen molar-refractivity contribution in [2.24, 2.45) is 7.05 Å². The van der Waals surface area contributed by atoms with Crippen molar-refractivity contribution in [2.75, 3.05) is 12.4 Å². The van der Waals surface area contributed by atoms with Crippen LogP contribution in [-0.2, 0) is 11.8 Å². The number of thiophene rings is 1. The molecule has 0 spiro atoms. The van der Waals surface area contributed by atoms with Gasteiger partial charge in [0, 0.05) is 23.7 Å². The number of anilines is 1. The number of nitrogens with one attached hydrogen (secondary N) is 2. The first-order valence-corrected chi connectivity index (χ1v) is 8.73. The summed E-state index contributed by atoms with van der Waals surface area (Å²) >= 11 is 6.89. The van der Waals surface area contributed by atoms with E-state index >= 15 is 0 Å². The van der Waals surface area contributed by atoms with Crippen LogP contribution in [0.4, 0.5) is 5.00 Å². The van der Waals surface area contributed by atoms with E-state index in [4.69, 9.17) is 17.0 Å². The van der Waals surface area contributed by atoms with Crippen molar-refractivity contribution >= 4 is 39.6 Å². The second-order valence-electron chi connectivity index (χ2n) is 5.64. The first-order valence-electron chi connectivity index (χ1n) is 7.50. The van der Waals surface area contributed by atoms with Gasteiger partial charge in [-0.1, -0.05) is 0 Å². The molecule has 1 unspecified atom stereocenters. The lowest BCUT2D eigenvalue weighted by Gasteiger charge is -2.16. The second-order valence-corrected chi connectivity index (χ2v) is 7.28. The fourth-order valence-corrected chi connectivity index (χ4v) is 3.92. The third kappa shape index (κ3) is 3.76. The van der Waals surface area contributed by atoms with Crippen LogP contribution in [-0.4, -0.2) is 28.0 Å². The normalized spacial score (nSPS) is 11.9. The number of thiocarbonyl (C=S) groups is 1. The number of carbonyl (C=O) groups is 1. The Balaban J connectivity index is 2.14. The van der Waals surface area contributed by atoms with Crippen LogP contribution in [0.15, 0.2) is 6.20 Å². The van der Waals surface area contributed by atoms with Gasteiger partial charge in [0.15, 0.2) is 5.11 Å². The average Bonchev–Trinajstić information content (AvgIpc) is 2.97. The van der Waals surface area contributed by atoms with Crippen molar-refractivity contribution in [1.29, 1.82) is 0 Å². The maximum Gasteiger partial charge on any atom is 0.341 e. The van der Waals surface area contributed by atoms with Gasteiger partial charge in [-0.3, -0.25) is 4.68 Å². The molecule has 0 fully saturated rings. The standard InChI is InChI=1S/C16H22N4O2S2/c1-8-11(4)24-14(13(8)15(21)22-6)18-16(23)17-9(2)12-7-20(5)19-10(12)3/h7,9H,1-6H3,(H2,17,18,23). The minimum atomic E-state index is -0.363. The Bertz CT molecular complexity index is 779. The minimum absolute atomic E-state index is 0.00225.